The van der Waals surface area contributed by atoms with E-state index in [1.54, 1.807) is 18.2 Å². The lowest BCUT2D eigenvalue weighted by atomic mass is 10.2. The van der Waals surface area contributed by atoms with Crippen LogP contribution in [0.5, 0.6) is 5.75 Å². The van der Waals surface area contributed by atoms with Crippen LogP contribution in [0.25, 0.3) is 0 Å². The van der Waals surface area contributed by atoms with Gasteiger partial charge >= 0.3 is 0 Å². The first-order valence-corrected chi connectivity index (χ1v) is 8.28. The highest BCUT2D eigenvalue weighted by atomic mass is 79.9. The van der Waals surface area contributed by atoms with Gasteiger partial charge in [-0.15, -0.1) is 0 Å². The van der Waals surface area contributed by atoms with Crippen LogP contribution >= 0.6 is 15.9 Å². The smallest absolute Gasteiger partial charge is 0.186 e. The van der Waals surface area contributed by atoms with E-state index in [2.05, 4.69) is 15.9 Å². The SMILES string of the molecule is COc1cc(N)ccc1S(=O)(=O)Cc1ccccc1Br. The van der Waals surface area contributed by atoms with E-state index in [-0.39, 0.29) is 16.4 Å². The number of nitrogens with two attached hydrogens (primary N) is 1. The number of methoxy groups -OCH3 is 1. The van der Waals surface area contributed by atoms with Gasteiger partial charge in [0.25, 0.3) is 0 Å². The van der Waals surface area contributed by atoms with Crippen molar-refractivity contribution in [3.05, 3.63) is 52.5 Å². The first-order chi connectivity index (χ1) is 9.44. The Balaban J connectivity index is 2.44. The minimum absolute atomic E-state index is 0.102. The standard InChI is InChI=1S/C14H14BrNO3S/c1-19-13-8-11(16)6-7-14(13)20(17,18)9-10-4-2-3-5-12(10)15/h2-8H,9,16H2,1H3. The summed E-state index contributed by atoms with van der Waals surface area (Å²) >= 11 is 3.35. The zero-order valence-corrected chi connectivity index (χ0v) is 13.2. The van der Waals surface area contributed by atoms with E-state index in [0.717, 1.165) is 4.47 Å². The summed E-state index contributed by atoms with van der Waals surface area (Å²) in [4.78, 5) is 0.143. The third kappa shape index (κ3) is 3.13. The first kappa shape index (κ1) is 14.9. The van der Waals surface area contributed by atoms with Crippen LogP contribution in [0.1, 0.15) is 5.56 Å². The Hall–Kier alpha value is -1.53. The average molecular weight is 356 g/mol. The fraction of sp³-hybridized carbons (Fsp3) is 0.143. The van der Waals surface area contributed by atoms with Gasteiger partial charge in [0.05, 0.1) is 12.9 Å². The Bertz CT molecular complexity index is 729. The highest BCUT2D eigenvalue weighted by molar-refractivity contribution is 9.10. The average Bonchev–Trinajstić information content (AvgIpc) is 2.40. The molecule has 2 aromatic carbocycles. The maximum Gasteiger partial charge on any atom is 0.186 e. The van der Waals surface area contributed by atoms with Gasteiger partial charge in [0.1, 0.15) is 10.6 Å². The molecule has 20 heavy (non-hydrogen) atoms. The van der Waals surface area contributed by atoms with Crippen LogP contribution in [0.3, 0.4) is 0 Å². The van der Waals surface area contributed by atoms with E-state index < -0.39 is 9.84 Å². The topological polar surface area (TPSA) is 69.4 Å². The van der Waals surface area contributed by atoms with Gasteiger partial charge in [-0.1, -0.05) is 34.1 Å². The van der Waals surface area contributed by atoms with Crippen LogP contribution in [0.4, 0.5) is 5.69 Å². The number of benzene rings is 2. The van der Waals surface area contributed by atoms with Gasteiger partial charge in [-0.25, -0.2) is 8.42 Å². The molecule has 0 amide bonds. The zero-order valence-electron chi connectivity index (χ0n) is 10.8. The Morgan fingerprint density at radius 2 is 1.90 bits per heavy atom. The summed E-state index contributed by atoms with van der Waals surface area (Å²) in [6, 6.07) is 11.7. The molecule has 0 aliphatic rings. The molecule has 0 unspecified atom stereocenters. The summed E-state index contributed by atoms with van der Waals surface area (Å²) in [6.45, 7) is 0. The number of hydrogen-bond acceptors (Lipinski definition) is 4. The number of ether oxygens (including phenoxy) is 1. The lowest BCUT2D eigenvalue weighted by molar-refractivity contribution is 0.403. The van der Waals surface area contributed by atoms with Gasteiger partial charge in [0, 0.05) is 16.2 Å². The van der Waals surface area contributed by atoms with Gasteiger partial charge in [-0.2, -0.15) is 0 Å². The Morgan fingerprint density at radius 3 is 2.55 bits per heavy atom. The van der Waals surface area contributed by atoms with Gasteiger partial charge in [-0.05, 0) is 23.8 Å². The second-order valence-electron chi connectivity index (χ2n) is 4.26. The van der Waals surface area contributed by atoms with Crippen molar-refractivity contribution < 1.29 is 13.2 Å². The van der Waals surface area contributed by atoms with Crippen molar-refractivity contribution in [2.24, 2.45) is 0 Å². The molecule has 0 saturated heterocycles. The second-order valence-corrected chi connectivity index (χ2v) is 7.07. The quantitative estimate of drug-likeness (QED) is 0.855. The Kier molecular flexibility index (Phi) is 4.35. The van der Waals surface area contributed by atoms with Crippen molar-refractivity contribution in [1.82, 2.24) is 0 Å². The molecule has 4 nitrogen and oxygen atoms in total. The predicted molar refractivity (Wildman–Crippen MR) is 82.4 cm³/mol. The van der Waals surface area contributed by atoms with Crippen LogP contribution in [-0.4, -0.2) is 15.5 Å². The maximum atomic E-state index is 12.5. The lowest BCUT2D eigenvalue weighted by Crippen LogP contribution is -2.07. The number of nitrogen functional groups attached to an aromatic ring is 1. The largest absolute Gasteiger partial charge is 0.495 e. The fourth-order valence-corrected chi connectivity index (χ4v) is 3.99. The monoisotopic (exact) mass is 355 g/mol. The van der Waals surface area contributed by atoms with Crippen LogP contribution in [0.2, 0.25) is 0 Å². The fourth-order valence-electron chi connectivity index (χ4n) is 1.84. The van der Waals surface area contributed by atoms with Gasteiger partial charge in [0.2, 0.25) is 0 Å². The maximum absolute atomic E-state index is 12.5. The van der Waals surface area contributed by atoms with Crippen molar-refractivity contribution in [3.63, 3.8) is 0 Å². The highest BCUT2D eigenvalue weighted by Crippen LogP contribution is 2.30. The van der Waals surface area contributed by atoms with Crippen molar-refractivity contribution in [1.29, 1.82) is 0 Å². The molecule has 0 bridgehead atoms. The molecule has 2 rings (SSSR count). The highest BCUT2D eigenvalue weighted by Gasteiger charge is 2.21. The van der Waals surface area contributed by atoms with Crippen LogP contribution < -0.4 is 10.5 Å². The van der Waals surface area contributed by atoms with E-state index >= 15 is 0 Å². The second kappa shape index (κ2) is 5.85. The molecule has 0 aromatic heterocycles. The van der Waals surface area contributed by atoms with Crippen molar-refractivity contribution >= 4 is 31.5 Å². The molecule has 106 valence electrons. The van der Waals surface area contributed by atoms with Crippen molar-refractivity contribution in [2.75, 3.05) is 12.8 Å². The third-order valence-electron chi connectivity index (χ3n) is 2.83. The Labute approximate surface area is 126 Å². The lowest BCUT2D eigenvalue weighted by Gasteiger charge is -2.11. The van der Waals surface area contributed by atoms with E-state index in [1.807, 2.05) is 12.1 Å². The molecule has 0 radical (unpaired) electrons. The van der Waals surface area contributed by atoms with Crippen molar-refractivity contribution in [3.8, 4) is 5.75 Å². The summed E-state index contributed by atoms with van der Waals surface area (Å²) in [6.07, 6.45) is 0. The number of sulfone groups is 1. The normalized spacial score (nSPS) is 11.3. The zero-order chi connectivity index (χ0) is 14.8. The number of hydrogen-bond donors (Lipinski definition) is 1. The third-order valence-corrected chi connectivity index (χ3v) is 5.30. The molecule has 0 heterocycles. The summed E-state index contributed by atoms with van der Waals surface area (Å²) in [5.41, 5.74) is 6.80. The molecule has 0 atom stereocenters. The van der Waals surface area contributed by atoms with Crippen molar-refractivity contribution in [2.45, 2.75) is 10.6 Å². The molecule has 2 N–H and O–H groups in total. The number of anilines is 1. The molecule has 0 aliphatic heterocycles. The number of halogens is 1. The minimum atomic E-state index is -3.51. The van der Waals surface area contributed by atoms with Gasteiger partial charge in [-0.3, -0.25) is 0 Å². The molecular weight excluding hydrogens is 342 g/mol. The van der Waals surface area contributed by atoms with E-state index in [0.29, 0.717) is 11.3 Å². The summed E-state index contributed by atoms with van der Waals surface area (Å²) in [5, 5.41) is 0. The molecular formula is C14H14BrNO3S. The molecule has 0 aliphatic carbocycles. The summed E-state index contributed by atoms with van der Waals surface area (Å²) in [5.74, 6) is 0.159. The molecule has 0 saturated carbocycles. The molecule has 2 aromatic rings. The van der Waals surface area contributed by atoms with Crippen LogP contribution in [0.15, 0.2) is 51.8 Å². The minimum Gasteiger partial charge on any atom is -0.495 e. The van der Waals surface area contributed by atoms with E-state index in [9.17, 15) is 8.42 Å². The first-order valence-electron chi connectivity index (χ1n) is 5.84. The Morgan fingerprint density at radius 1 is 1.20 bits per heavy atom. The molecule has 0 fully saturated rings. The van der Waals surface area contributed by atoms with E-state index in [1.165, 1.54) is 19.2 Å². The van der Waals surface area contributed by atoms with Crippen LogP contribution in [0, 0.1) is 0 Å². The predicted octanol–water partition coefficient (Wildman–Crippen LogP) is 3.01. The van der Waals surface area contributed by atoms with Crippen LogP contribution in [-0.2, 0) is 15.6 Å². The van der Waals surface area contributed by atoms with Gasteiger partial charge in [0.15, 0.2) is 9.84 Å². The molecule has 6 heteroatoms. The van der Waals surface area contributed by atoms with E-state index in [4.69, 9.17) is 10.5 Å². The summed E-state index contributed by atoms with van der Waals surface area (Å²) in [7, 11) is -2.08. The summed E-state index contributed by atoms with van der Waals surface area (Å²) < 4.78 is 30.9. The van der Waals surface area contributed by atoms with Gasteiger partial charge < -0.3 is 10.5 Å². The molecule has 0 spiro atoms. The number of rotatable bonds is 4.